The third-order valence-electron chi connectivity index (χ3n) is 3.54. The first-order valence-corrected chi connectivity index (χ1v) is 5.74. The molecule has 2 unspecified atom stereocenters. The fourth-order valence-electron chi connectivity index (χ4n) is 2.59. The van der Waals surface area contributed by atoms with Crippen LogP contribution in [0.15, 0.2) is 12.2 Å². The highest BCUT2D eigenvalue weighted by Crippen LogP contribution is 2.49. The quantitative estimate of drug-likeness (QED) is 0.538. The smallest absolute Gasteiger partial charge is 0.230 e. The first kappa shape index (κ1) is 9.75. The van der Waals surface area contributed by atoms with E-state index in [0.717, 1.165) is 32.2 Å². The van der Waals surface area contributed by atoms with E-state index in [1.807, 2.05) is 0 Å². The van der Waals surface area contributed by atoms with E-state index >= 15 is 0 Å². The van der Waals surface area contributed by atoms with Gasteiger partial charge in [-0.15, -0.1) is 0 Å². The number of allylic oxidation sites excluding steroid dienone is 1. The minimum Gasteiger partial charge on any atom is -0.355 e. The van der Waals surface area contributed by atoms with Crippen molar-refractivity contribution in [3.05, 3.63) is 12.2 Å². The molecule has 0 aromatic carbocycles. The molecule has 1 fully saturated rings. The van der Waals surface area contributed by atoms with Gasteiger partial charge >= 0.3 is 0 Å². The van der Waals surface area contributed by atoms with Crippen LogP contribution in [0, 0.1) is 11.3 Å². The zero-order valence-corrected chi connectivity index (χ0v) is 8.88. The fraction of sp³-hybridized carbons (Fsp3) is 0.750. The van der Waals surface area contributed by atoms with Crippen LogP contribution in [0.1, 0.15) is 39.0 Å². The summed E-state index contributed by atoms with van der Waals surface area (Å²) in [5.74, 6) is 0.953. The predicted molar refractivity (Wildman–Crippen MR) is 56.8 cm³/mol. The standard InChI is InChI=1S/C12H19NO/c1-2-3-8-13-11(14)12-6-4-10(9-12)5-7-12/h4,6,10H,2-3,5,7-9H2,1H3,(H,13,14). The van der Waals surface area contributed by atoms with E-state index < -0.39 is 0 Å². The minimum atomic E-state index is -0.113. The van der Waals surface area contributed by atoms with Crippen LogP contribution in [0.5, 0.6) is 0 Å². The first-order valence-electron chi connectivity index (χ1n) is 5.74. The second-order valence-corrected chi connectivity index (χ2v) is 4.63. The van der Waals surface area contributed by atoms with Gasteiger partial charge in [0, 0.05) is 6.54 Å². The van der Waals surface area contributed by atoms with Gasteiger partial charge in [0.25, 0.3) is 0 Å². The molecule has 1 amide bonds. The van der Waals surface area contributed by atoms with E-state index in [-0.39, 0.29) is 11.3 Å². The molecule has 2 nitrogen and oxygen atoms in total. The van der Waals surface area contributed by atoms with Crippen LogP contribution < -0.4 is 5.32 Å². The summed E-state index contributed by atoms with van der Waals surface area (Å²) in [5, 5.41) is 3.05. The Morgan fingerprint density at radius 1 is 1.64 bits per heavy atom. The minimum absolute atomic E-state index is 0.113. The maximum atomic E-state index is 11.9. The molecule has 2 aliphatic rings. The Morgan fingerprint density at radius 2 is 2.50 bits per heavy atom. The zero-order valence-electron chi connectivity index (χ0n) is 8.88. The summed E-state index contributed by atoms with van der Waals surface area (Å²) in [6.07, 6.45) is 9.93. The largest absolute Gasteiger partial charge is 0.355 e. The predicted octanol–water partition coefficient (Wildman–Crippen LogP) is 2.26. The average Bonchev–Trinajstić information content (AvgIpc) is 2.78. The number of fused-ring (bicyclic) bond motifs is 2. The van der Waals surface area contributed by atoms with E-state index in [4.69, 9.17) is 0 Å². The number of hydrogen-bond acceptors (Lipinski definition) is 1. The summed E-state index contributed by atoms with van der Waals surface area (Å²) in [4.78, 5) is 11.9. The summed E-state index contributed by atoms with van der Waals surface area (Å²) in [7, 11) is 0. The van der Waals surface area contributed by atoms with Gasteiger partial charge in [-0.1, -0.05) is 25.5 Å². The van der Waals surface area contributed by atoms with Gasteiger partial charge in [0.15, 0.2) is 0 Å². The van der Waals surface area contributed by atoms with Crippen molar-refractivity contribution in [2.24, 2.45) is 11.3 Å². The second-order valence-electron chi connectivity index (χ2n) is 4.63. The van der Waals surface area contributed by atoms with Crippen molar-refractivity contribution >= 4 is 5.91 Å². The van der Waals surface area contributed by atoms with Crippen molar-refractivity contribution in [1.82, 2.24) is 5.32 Å². The topological polar surface area (TPSA) is 29.1 Å². The number of carbonyl (C=O) groups is 1. The number of carbonyl (C=O) groups excluding carboxylic acids is 1. The van der Waals surface area contributed by atoms with Crippen LogP contribution in [-0.2, 0) is 4.79 Å². The Labute approximate surface area is 85.8 Å². The lowest BCUT2D eigenvalue weighted by Gasteiger charge is -2.22. The molecule has 0 heterocycles. The second kappa shape index (κ2) is 3.76. The summed E-state index contributed by atoms with van der Waals surface area (Å²) in [5.41, 5.74) is -0.113. The Kier molecular flexibility index (Phi) is 2.62. The maximum Gasteiger partial charge on any atom is 0.230 e. The van der Waals surface area contributed by atoms with E-state index in [2.05, 4.69) is 24.4 Å². The van der Waals surface area contributed by atoms with E-state index in [1.54, 1.807) is 0 Å². The van der Waals surface area contributed by atoms with E-state index in [9.17, 15) is 4.79 Å². The van der Waals surface area contributed by atoms with Crippen LogP contribution in [0.4, 0.5) is 0 Å². The molecule has 78 valence electrons. The Hall–Kier alpha value is -0.790. The molecule has 0 spiro atoms. The van der Waals surface area contributed by atoms with Gasteiger partial charge < -0.3 is 5.32 Å². The molecule has 2 bridgehead atoms. The average molecular weight is 193 g/mol. The maximum absolute atomic E-state index is 11.9. The molecule has 2 aliphatic carbocycles. The Bertz CT molecular complexity index is 259. The van der Waals surface area contributed by atoms with Crippen LogP contribution in [-0.4, -0.2) is 12.5 Å². The van der Waals surface area contributed by atoms with Gasteiger partial charge in [0.1, 0.15) is 0 Å². The van der Waals surface area contributed by atoms with Gasteiger partial charge in [-0.05, 0) is 31.6 Å². The molecule has 1 N–H and O–H groups in total. The Balaban J connectivity index is 1.88. The van der Waals surface area contributed by atoms with Crippen LogP contribution in [0.2, 0.25) is 0 Å². The SMILES string of the molecule is CCCCNC(=O)C12C=CC(CC1)C2. The van der Waals surface area contributed by atoms with Crippen molar-refractivity contribution in [2.45, 2.75) is 39.0 Å². The number of rotatable bonds is 4. The van der Waals surface area contributed by atoms with Gasteiger partial charge in [0.2, 0.25) is 5.91 Å². The normalized spacial score (nSPS) is 33.6. The highest BCUT2D eigenvalue weighted by molar-refractivity contribution is 5.85. The van der Waals surface area contributed by atoms with Crippen LogP contribution in [0.3, 0.4) is 0 Å². The van der Waals surface area contributed by atoms with Crippen LogP contribution in [0.25, 0.3) is 0 Å². The van der Waals surface area contributed by atoms with Crippen molar-refractivity contribution in [3.63, 3.8) is 0 Å². The molecule has 0 aliphatic heterocycles. The third kappa shape index (κ3) is 1.58. The number of unbranched alkanes of at least 4 members (excludes halogenated alkanes) is 1. The van der Waals surface area contributed by atoms with Gasteiger partial charge in [-0.25, -0.2) is 0 Å². The van der Waals surface area contributed by atoms with Gasteiger partial charge in [0.05, 0.1) is 5.41 Å². The van der Waals surface area contributed by atoms with Gasteiger partial charge in [-0.2, -0.15) is 0 Å². The van der Waals surface area contributed by atoms with E-state index in [0.29, 0.717) is 5.92 Å². The number of hydrogen-bond donors (Lipinski definition) is 1. The van der Waals surface area contributed by atoms with Crippen molar-refractivity contribution in [2.75, 3.05) is 6.54 Å². The molecule has 2 heteroatoms. The molecule has 14 heavy (non-hydrogen) atoms. The molecule has 2 rings (SSSR count). The lowest BCUT2D eigenvalue weighted by atomic mass is 9.87. The highest BCUT2D eigenvalue weighted by Gasteiger charge is 2.45. The summed E-state index contributed by atoms with van der Waals surface area (Å²) in [6.45, 7) is 2.99. The van der Waals surface area contributed by atoms with Crippen molar-refractivity contribution in [1.29, 1.82) is 0 Å². The zero-order chi connectivity index (χ0) is 10.0. The van der Waals surface area contributed by atoms with E-state index in [1.165, 1.54) is 6.42 Å². The number of amides is 1. The molecular weight excluding hydrogens is 174 g/mol. The number of nitrogens with one attached hydrogen (secondary N) is 1. The summed E-state index contributed by atoms with van der Waals surface area (Å²) >= 11 is 0. The summed E-state index contributed by atoms with van der Waals surface area (Å²) in [6, 6.07) is 0. The molecule has 0 radical (unpaired) electrons. The summed E-state index contributed by atoms with van der Waals surface area (Å²) < 4.78 is 0. The first-order chi connectivity index (χ1) is 6.77. The fourth-order valence-corrected chi connectivity index (χ4v) is 2.59. The monoisotopic (exact) mass is 193 g/mol. The third-order valence-corrected chi connectivity index (χ3v) is 3.54. The van der Waals surface area contributed by atoms with Crippen LogP contribution >= 0.6 is 0 Å². The molecule has 1 saturated carbocycles. The van der Waals surface area contributed by atoms with Gasteiger partial charge in [-0.3, -0.25) is 4.79 Å². The molecule has 0 aromatic rings. The van der Waals surface area contributed by atoms with Crippen molar-refractivity contribution in [3.8, 4) is 0 Å². The molecule has 0 saturated heterocycles. The highest BCUT2D eigenvalue weighted by atomic mass is 16.2. The van der Waals surface area contributed by atoms with Crippen molar-refractivity contribution < 1.29 is 4.79 Å². The lowest BCUT2D eigenvalue weighted by Crippen LogP contribution is -2.37. The molecule has 2 atom stereocenters. The Morgan fingerprint density at radius 3 is 3.00 bits per heavy atom. The molecular formula is C12H19NO. The lowest BCUT2D eigenvalue weighted by molar-refractivity contribution is -0.128. The molecule has 0 aromatic heterocycles.